The predicted molar refractivity (Wildman–Crippen MR) is 172 cm³/mol. The highest BCUT2D eigenvalue weighted by Gasteiger charge is 2.42. The van der Waals surface area contributed by atoms with Crippen molar-refractivity contribution in [1.29, 1.82) is 0 Å². The summed E-state index contributed by atoms with van der Waals surface area (Å²) in [6.45, 7) is 9.64. The summed E-state index contributed by atoms with van der Waals surface area (Å²) in [7, 11) is 0. The van der Waals surface area contributed by atoms with Gasteiger partial charge in [0.15, 0.2) is 5.65 Å². The van der Waals surface area contributed by atoms with Gasteiger partial charge in [-0.2, -0.15) is 0 Å². The number of benzene rings is 2. The number of likely N-dealkylation sites (tertiary alicyclic amines) is 1. The summed E-state index contributed by atoms with van der Waals surface area (Å²) >= 11 is 0. The van der Waals surface area contributed by atoms with Crippen molar-refractivity contribution < 1.29 is 19.3 Å². The number of nitrogens with one attached hydrogen (secondary N) is 2. The van der Waals surface area contributed by atoms with E-state index in [1.165, 1.54) is 6.33 Å². The molecule has 5 aromatic rings. The number of rotatable bonds is 7. The molecule has 2 aliphatic rings. The maximum Gasteiger partial charge on any atom is 0.289 e. The molecule has 3 N–H and O–H groups in total. The van der Waals surface area contributed by atoms with Crippen LogP contribution in [0.1, 0.15) is 39.2 Å². The molecule has 7 rings (SSSR count). The van der Waals surface area contributed by atoms with Crippen LogP contribution >= 0.6 is 0 Å². The molecule has 1 unspecified atom stereocenters. The van der Waals surface area contributed by atoms with Gasteiger partial charge in [-0.15, -0.1) is 10.2 Å². The molecule has 5 heterocycles. The number of aromatic nitrogens is 6. The fourth-order valence-corrected chi connectivity index (χ4v) is 5.57. The first kappa shape index (κ1) is 29.8. The lowest BCUT2D eigenvalue weighted by Crippen LogP contribution is -2.52. The van der Waals surface area contributed by atoms with Gasteiger partial charge >= 0.3 is 0 Å². The standard InChI is InChI=1S/C32H36N10O4/c1-20-13-21(6-8-25(20)44-27-15-26-40-37-19-42(26)18-36-27)38-28-23-14-22(5-7-24(23)34-17-35-28)39-29-33-16-32(45-29)9-11-41(12-10-32)30(43)46-31(2,3)4/h5-8,13-15,17-19,30,43H,9-12,16H2,1-4H3,(H,33,39)(H,34,35,38). The van der Waals surface area contributed by atoms with Crippen molar-refractivity contribution in [1.82, 2.24) is 34.4 Å². The average Bonchev–Trinajstić information content (AvgIpc) is 3.65. The zero-order chi connectivity index (χ0) is 31.9. The molecular formula is C32H36N10O4. The summed E-state index contributed by atoms with van der Waals surface area (Å²) in [5, 5.41) is 26.0. The van der Waals surface area contributed by atoms with Gasteiger partial charge in [0.1, 0.15) is 36.2 Å². The topological polar surface area (TPSA) is 156 Å². The highest BCUT2D eigenvalue weighted by Crippen LogP contribution is 2.34. The van der Waals surface area contributed by atoms with E-state index in [4.69, 9.17) is 14.2 Å². The normalized spacial score (nSPS) is 17.2. The number of fused-ring (bicyclic) bond motifs is 2. The second kappa shape index (κ2) is 11.8. The van der Waals surface area contributed by atoms with Crippen LogP contribution in [0.5, 0.6) is 11.6 Å². The van der Waals surface area contributed by atoms with Gasteiger partial charge in [-0.05, 0) is 69.7 Å². The lowest BCUT2D eigenvalue weighted by molar-refractivity contribution is -0.247. The van der Waals surface area contributed by atoms with E-state index >= 15 is 0 Å². The second-order valence-corrected chi connectivity index (χ2v) is 12.6. The zero-order valence-corrected chi connectivity index (χ0v) is 26.1. The highest BCUT2D eigenvalue weighted by atomic mass is 16.6. The highest BCUT2D eigenvalue weighted by molar-refractivity contribution is 5.97. The van der Waals surface area contributed by atoms with Crippen LogP contribution in [0.15, 0.2) is 66.4 Å². The monoisotopic (exact) mass is 624 g/mol. The van der Waals surface area contributed by atoms with Gasteiger partial charge in [0.2, 0.25) is 12.3 Å². The molecule has 14 nitrogen and oxygen atoms in total. The largest absolute Gasteiger partial charge is 0.456 e. The molecule has 0 amide bonds. The van der Waals surface area contributed by atoms with Crippen LogP contribution in [0.4, 0.5) is 17.2 Å². The first-order valence-corrected chi connectivity index (χ1v) is 15.2. The van der Waals surface area contributed by atoms with Crippen molar-refractivity contribution in [2.75, 3.05) is 30.3 Å². The van der Waals surface area contributed by atoms with E-state index in [1.54, 1.807) is 23.1 Å². The average molecular weight is 625 g/mol. The maximum atomic E-state index is 10.5. The molecule has 1 atom stereocenters. The van der Waals surface area contributed by atoms with Crippen molar-refractivity contribution in [2.24, 2.45) is 4.99 Å². The molecule has 2 aromatic carbocycles. The maximum absolute atomic E-state index is 10.5. The molecule has 0 aliphatic carbocycles. The number of amidine groups is 1. The summed E-state index contributed by atoms with van der Waals surface area (Å²) in [5.74, 6) is 1.77. The molecule has 238 valence electrons. The lowest BCUT2D eigenvalue weighted by atomic mass is 9.92. The molecular weight excluding hydrogens is 588 g/mol. The van der Waals surface area contributed by atoms with Gasteiger partial charge in [-0.1, -0.05) is 0 Å². The number of nitrogens with zero attached hydrogens (tertiary/aromatic N) is 8. The van der Waals surface area contributed by atoms with Crippen LogP contribution < -0.4 is 15.4 Å². The number of aryl methyl sites for hydroxylation is 1. The van der Waals surface area contributed by atoms with E-state index in [0.717, 1.165) is 40.7 Å². The Morgan fingerprint density at radius 3 is 2.59 bits per heavy atom. The number of ether oxygens (including phenoxy) is 3. The van der Waals surface area contributed by atoms with Crippen LogP contribution in [-0.2, 0) is 9.47 Å². The molecule has 3 aromatic heterocycles. The first-order valence-electron chi connectivity index (χ1n) is 15.2. The Hall–Kier alpha value is -4.92. The van der Waals surface area contributed by atoms with Crippen molar-refractivity contribution in [3.8, 4) is 11.6 Å². The van der Waals surface area contributed by atoms with Gasteiger partial charge < -0.3 is 30.0 Å². The summed E-state index contributed by atoms with van der Waals surface area (Å²) in [6, 6.07) is 13.9. The van der Waals surface area contributed by atoms with E-state index in [1.807, 2.05) is 69.0 Å². The number of aliphatic imine (C=N–C) groups is 1. The SMILES string of the molecule is Cc1cc(Nc2ncnc3ccc(NC4=NCC5(CCN(C(O)OC(C)(C)C)CC5)O4)cc23)ccc1Oc1cc2nncn2cn1. The molecule has 2 aliphatic heterocycles. The second-order valence-electron chi connectivity index (χ2n) is 12.6. The van der Waals surface area contributed by atoms with Crippen molar-refractivity contribution in [3.05, 3.63) is 67.0 Å². The third kappa shape index (κ3) is 6.40. The lowest BCUT2D eigenvalue weighted by Gasteiger charge is -2.40. The van der Waals surface area contributed by atoms with Crippen molar-refractivity contribution in [3.63, 3.8) is 0 Å². The fraction of sp³-hybridized carbons (Fsp3) is 0.375. The Kier molecular flexibility index (Phi) is 7.63. The molecule has 0 bridgehead atoms. The Morgan fingerprint density at radius 2 is 1.78 bits per heavy atom. The van der Waals surface area contributed by atoms with Gasteiger partial charge in [0, 0.05) is 48.8 Å². The molecule has 1 saturated heterocycles. The number of hydrogen-bond donors (Lipinski definition) is 3. The predicted octanol–water partition coefficient (Wildman–Crippen LogP) is 4.64. The van der Waals surface area contributed by atoms with E-state index in [-0.39, 0.29) is 5.60 Å². The van der Waals surface area contributed by atoms with Crippen LogP contribution in [0.3, 0.4) is 0 Å². The molecule has 1 fully saturated rings. The molecule has 14 heteroatoms. The third-order valence-electron chi connectivity index (χ3n) is 8.01. The Labute approximate surface area is 265 Å². The zero-order valence-electron chi connectivity index (χ0n) is 26.1. The number of aliphatic hydroxyl groups excluding tert-OH is 1. The van der Waals surface area contributed by atoms with Crippen LogP contribution in [0.2, 0.25) is 0 Å². The number of aliphatic hydroxyl groups is 1. The van der Waals surface area contributed by atoms with Gasteiger partial charge in [-0.25, -0.2) is 19.9 Å². The van der Waals surface area contributed by atoms with Gasteiger partial charge in [0.05, 0.1) is 17.7 Å². The summed E-state index contributed by atoms with van der Waals surface area (Å²) in [5.41, 5.74) is 3.21. The first-order chi connectivity index (χ1) is 22.1. The van der Waals surface area contributed by atoms with E-state index in [0.29, 0.717) is 48.8 Å². The van der Waals surface area contributed by atoms with E-state index < -0.39 is 12.0 Å². The summed E-state index contributed by atoms with van der Waals surface area (Å²) < 4.78 is 19.8. The number of piperidine rings is 1. The van der Waals surface area contributed by atoms with Crippen LogP contribution in [0, 0.1) is 6.92 Å². The Bertz CT molecular complexity index is 1910. The molecule has 0 saturated carbocycles. The number of anilines is 3. The third-order valence-corrected chi connectivity index (χ3v) is 8.01. The molecule has 1 spiro atoms. The van der Waals surface area contributed by atoms with Crippen LogP contribution in [-0.4, -0.2) is 82.8 Å². The molecule has 0 radical (unpaired) electrons. The number of hydrogen-bond acceptors (Lipinski definition) is 13. The van der Waals surface area contributed by atoms with Gasteiger partial charge in [0.25, 0.3) is 6.02 Å². The summed E-state index contributed by atoms with van der Waals surface area (Å²) in [6.07, 6.45) is 5.28. The quantitative estimate of drug-likeness (QED) is 0.216. The summed E-state index contributed by atoms with van der Waals surface area (Å²) in [4.78, 5) is 19.9. The van der Waals surface area contributed by atoms with E-state index in [2.05, 4.69) is 40.8 Å². The van der Waals surface area contributed by atoms with Crippen molar-refractivity contribution >= 4 is 39.8 Å². The minimum Gasteiger partial charge on any atom is -0.456 e. The van der Waals surface area contributed by atoms with E-state index in [9.17, 15) is 5.11 Å². The minimum absolute atomic E-state index is 0.389. The minimum atomic E-state index is -0.936. The van der Waals surface area contributed by atoms with Crippen molar-refractivity contribution in [2.45, 2.75) is 58.2 Å². The Balaban J connectivity index is 1.01. The molecule has 46 heavy (non-hydrogen) atoms. The smallest absolute Gasteiger partial charge is 0.289 e. The fourth-order valence-electron chi connectivity index (χ4n) is 5.57. The Morgan fingerprint density at radius 1 is 0.978 bits per heavy atom. The van der Waals surface area contributed by atoms with Gasteiger partial charge in [-0.3, -0.25) is 9.30 Å². The van der Waals surface area contributed by atoms with Crippen LogP contribution in [0.25, 0.3) is 16.6 Å².